The van der Waals surface area contributed by atoms with Gasteiger partial charge < -0.3 is 8.83 Å². The van der Waals surface area contributed by atoms with Crippen LogP contribution in [0.3, 0.4) is 0 Å². The fourth-order valence-corrected chi connectivity index (χ4v) is 8.44. The molecule has 12 aromatic rings. The molecule has 4 aromatic heterocycles. The SMILES string of the molecule is c1ccc(-c2nc(-c3ccc(-c4nc5ccccc5c5c4oc4ccccc45)cc3)nc(-c3ccc(-c4cccc5c4oc4ccccc45)c4ccccc34)n2)cc1. The Morgan fingerprint density at radius 2 is 0.828 bits per heavy atom. The van der Waals surface area contributed by atoms with Crippen molar-refractivity contribution in [2.45, 2.75) is 0 Å². The van der Waals surface area contributed by atoms with Crippen LogP contribution in [0.4, 0.5) is 0 Å². The molecule has 0 bridgehead atoms. The number of benzene rings is 8. The normalized spacial score (nSPS) is 11.8. The van der Waals surface area contributed by atoms with E-state index in [1.807, 2.05) is 72.8 Å². The number of rotatable bonds is 5. The van der Waals surface area contributed by atoms with Gasteiger partial charge >= 0.3 is 0 Å². The van der Waals surface area contributed by atoms with Crippen LogP contribution in [0.15, 0.2) is 191 Å². The van der Waals surface area contributed by atoms with Crippen LogP contribution in [0, 0.1) is 0 Å². The number of hydrogen-bond acceptors (Lipinski definition) is 6. The highest BCUT2D eigenvalue weighted by Gasteiger charge is 2.20. The summed E-state index contributed by atoms with van der Waals surface area (Å²) in [6, 6.07) is 62.1. The number of furan rings is 2. The van der Waals surface area contributed by atoms with Gasteiger partial charge in [-0.25, -0.2) is 19.9 Å². The van der Waals surface area contributed by atoms with Crippen LogP contribution in [0.25, 0.3) is 122 Å². The van der Waals surface area contributed by atoms with E-state index in [4.69, 9.17) is 28.8 Å². The molecule has 0 unspecified atom stereocenters. The molecule has 0 saturated carbocycles. The lowest BCUT2D eigenvalue weighted by Gasteiger charge is -2.13. The third kappa shape index (κ3) is 5.05. The Kier molecular flexibility index (Phi) is 7.13. The average Bonchev–Trinajstić information content (AvgIpc) is 3.88. The van der Waals surface area contributed by atoms with Crippen LogP contribution in [0.5, 0.6) is 0 Å². The Balaban J connectivity index is 1.01. The molecule has 6 heteroatoms. The number of nitrogens with zero attached hydrogens (tertiary/aromatic N) is 4. The summed E-state index contributed by atoms with van der Waals surface area (Å²) in [4.78, 5) is 20.5. The van der Waals surface area contributed by atoms with E-state index in [9.17, 15) is 0 Å². The highest BCUT2D eigenvalue weighted by Crippen LogP contribution is 2.42. The van der Waals surface area contributed by atoms with Crippen molar-refractivity contribution in [3.63, 3.8) is 0 Å². The van der Waals surface area contributed by atoms with Gasteiger partial charge in [0.25, 0.3) is 0 Å². The monoisotopic (exact) mass is 742 g/mol. The largest absolute Gasteiger partial charge is 0.455 e. The smallest absolute Gasteiger partial charge is 0.164 e. The first kappa shape index (κ1) is 32.3. The van der Waals surface area contributed by atoms with E-state index in [1.165, 1.54) is 0 Å². The van der Waals surface area contributed by atoms with E-state index in [0.717, 1.165) is 105 Å². The molecule has 12 rings (SSSR count). The summed E-state index contributed by atoms with van der Waals surface area (Å²) >= 11 is 0. The predicted molar refractivity (Wildman–Crippen MR) is 234 cm³/mol. The third-order valence-corrected chi connectivity index (χ3v) is 11.2. The van der Waals surface area contributed by atoms with Gasteiger partial charge in [-0.05, 0) is 40.6 Å². The van der Waals surface area contributed by atoms with Gasteiger partial charge in [0.05, 0.1) is 5.52 Å². The van der Waals surface area contributed by atoms with Crippen molar-refractivity contribution in [3.8, 4) is 56.5 Å². The molecule has 0 aliphatic heterocycles. The molecule has 0 atom stereocenters. The maximum atomic E-state index is 6.50. The number of hydrogen-bond donors (Lipinski definition) is 0. The van der Waals surface area contributed by atoms with Gasteiger partial charge in [-0.2, -0.15) is 0 Å². The topological polar surface area (TPSA) is 77.8 Å². The summed E-state index contributed by atoms with van der Waals surface area (Å²) in [5.41, 5.74) is 10.8. The first-order valence-corrected chi connectivity index (χ1v) is 19.3. The Morgan fingerprint density at radius 1 is 0.293 bits per heavy atom. The number of fused-ring (bicyclic) bond motifs is 9. The maximum absolute atomic E-state index is 6.50. The Hall–Kier alpha value is -7.96. The zero-order chi connectivity index (χ0) is 38.2. The molecule has 0 aliphatic carbocycles. The van der Waals surface area contributed by atoms with Crippen LogP contribution in [-0.2, 0) is 0 Å². The standard InChI is InChI=1S/C52H30N4O2/c1-2-13-32(14-3-1)50-54-51(33-27-25-31(26-28-33)47-49-46(41-18-6-9-22-43(41)53-47)42-19-8-11-24-45(42)58-49)56-52(55-50)40-30-29-36(34-15-4-5-16-35(34)40)38-20-12-21-39-37-17-7-10-23-44(37)57-48(38)39/h1-30H. The van der Waals surface area contributed by atoms with E-state index < -0.39 is 0 Å². The van der Waals surface area contributed by atoms with E-state index >= 15 is 0 Å². The van der Waals surface area contributed by atoms with E-state index in [1.54, 1.807) is 0 Å². The van der Waals surface area contributed by atoms with Gasteiger partial charge in [-0.3, -0.25) is 0 Å². The molecule has 0 saturated heterocycles. The second-order valence-corrected chi connectivity index (χ2v) is 14.5. The second kappa shape index (κ2) is 12.8. The summed E-state index contributed by atoms with van der Waals surface area (Å²) in [6.07, 6.45) is 0. The van der Waals surface area contributed by atoms with E-state index in [0.29, 0.717) is 17.5 Å². The van der Waals surface area contributed by atoms with Crippen LogP contribution >= 0.6 is 0 Å². The third-order valence-electron chi connectivity index (χ3n) is 11.2. The van der Waals surface area contributed by atoms with Crippen molar-refractivity contribution in [3.05, 3.63) is 182 Å². The minimum absolute atomic E-state index is 0.580. The molecule has 0 aliphatic rings. The van der Waals surface area contributed by atoms with Crippen molar-refractivity contribution in [1.29, 1.82) is 0 Å². The fourth-order valence-electron chi connectivity index (χ4n) is 8.44. The first-order chi connectivity index (χ1) is 28.7. The minimum atomic E-state index is 0.580. The number of pyridine rings is 1. The Morgan fingerprint density at radius 3 is 1.60 bits per heavy atom. The summed E-state index contributed by atoms with van der Waals surface area (Å²) < 4.78 is 13.0. The average molecular weight is 743 g/mol. The Labute approximate surface area is 331 Å². The lowest BCUT2D eigenvalue weighted by atomic mass is 9.93. The summed E-state index contributed by atoms with van der Waals surface area (Å²) in [5, 5.41) is 7.55. The molecule has 270 valence electrons. The summed E-state index contributed by atoms with van der Waals surface area (Å²) in [7, 11) is 0. The summed E-state index contributed by atoms with van der Waals surface area (Å²) in [6.45, 7) is 0. The van der Waals surface area contributed by atoms with Crippen LogP contribution in [0.2, 0.25) is 0 Å². The van der Waals surface area contributed by atoms with Gasteiger partial charge in [0.2, 0.25) is 0 Å². The van der Waals surface area contributed by atoms with Crippen LogP contribution in [0.1, 0.15) is 0 Å². The quantitative estimate of drug-likeness (QED) is 0.175. The van der Waals surface area contributed by atoms with Gasteiger partial charge in [0, 0.05) is 54.7 Å². The van der Waals surface area contributed by atoms with Crippen molar-refractivity contribution < 1.29 is 8.83 Å². The number of aromatic nitrogens is 4. The summed E-state index contributed by atoms with van der Waals surface area (Å²) in [5.74, 6) is 1.78. The molecule has 0 N–H and O–H groups in total. The molecule has 6 nitrogen and oxygen atoms in total. The molecule has 58 heavy (non-hydrogen) atoms. The molecule has 0 fully saturated rings. The number of para-hydroxylation sites is 4. The van der Waals surface area contributed by atoms with Gasteiger partial charge in [0.1, 0.15) is 22.4 Å². The highest BCUT2D eigenvalue weighted by molar-refractivity contribution is 6.21. The van der Waals surface area contributed by atoms with Crippen molar-refractivity contribution >= 4 is 65.6 Å². The lowest BCUT2D eigenvalue weighted by molar-refractivity contribution is 0.668. The van der Waals surface area contributed by atoms with Crippen LogP contribution in [-0.4, -0.2) is 19.9 Å². The molecular weight excluding hydrogens is 713 g/mol. The highest BCUT2D eigenvalue weighted by atomic mass is 16.3. The second-order valence-electron chi connectivity index (χ2n) is 14.5. The van der Waals surface area contributed by atoms with Crippen LogP contribution < -0.4 is 0 Å². The van der Waals surface area contributed by atoms with E-state index in [2.05, 4.69) is 109 Å². The first-order valence-electron chi connectivity index (χ1n) is 19.3. The van der Waals surface area contributed by atoms with Crippen molar-refractivity contribution in [2.24, 2.45) is 0 Å². The molecule has 0 amide bonds. The van der Waals surface area contributed by atoms with E-state index in [-0.39, 0.29) is 0 Å². The zero-order valence-electron chi connectivity index (χ0n) is 30.9. The zero-order valence-corrected chi connectivity index (χ0v) is 30.9. The Bertz CT molecular complexity index is 3570. The minimum Gasteiger partial charge on any atom is -0.455 e. The fraction of sp³-hybridized carbons (Fsp3) is 0. The van der Waals surface area contributed by atoms with Gasteiger partial charge in [-0.15, -0.1) is 0 Å². The van der Waals surface area contributed by atoms with Gasteiger partial charge in [-0.1, -0.05) is 158 Å². The molecular formula is C52H30N4O2. The van der Waals surface area contributed by atoms with Crippen molar-refractivity contribution in [1.82, 2.24) is 19.9 Å². The predicted octanol–water partition coefficient (Wildman–Crippen LogP) is 13.7. The molecule has 8 aromatic carbocycles. The van der Waals surface area contributed by atoms with Crippen molar-refractivity contribution in [2.75, 3.05) is 0 Å². The lowest BCUT2D eigenvalue weighted by Crippen LogP contribution is -2.01. The molecule has 0 spiro atoms. The maximum Gasteiger partial charge on any atom is 0.164 e. The molecule has 0 radical (unpaired) electrons. The van der Waals surface area contributed by atoms with Gasteiger partial charge in [0.15, 0.2) is 23.1 Å². The molecule has 4 heterocycles.